The van der Waals surface area contributed by atoms with Crippen molar-refractivity contribution in [1.29, 1.82) is 0 Å². The second-order valence-electron chi connectivity index (χ2n) is 7.61. The predicted octanol–water partition coefficient (Wildman–Crippen LogP) is 2.71. The molecule has 2 N–H and O–H groups in total. The highest BCUT2D eigenvalue weighted by molar-refractivity contribution is 5.73. The molecule has 1 saturated heterocycles. The Morgan fingerprint density at radius 2 is 1.80 bits per heavy atom. The van der Waals surface area contributed by atoms with E-state index in [1.807, 2.05) is 53.4 Å². The summed E-state index contributed by atoms with van der Waals surface area (Å²) in [7, 11) is 1.61. The maximum absolute atomic E-state index is 11.1. The molecule has 0 aliphatic carbocycles. The van der Waals surface area contributed by atoms with E-state index in [4.69, 9.17) is 9.47 Å². The van der Waals surface area contributed by atoms with Crippen molar-refractivity contribution in [3.05, 3.63) is 60.4 Å². The third-order valence-corrected chi connectivity index (χ3v) is 5.66. The van der Waals surface area contributed by atoms with Crippen molar-refractivity contribution in [2.45, 2.75) is 31.1 Å². The molecule has 4 rings (SSSR count). The number of aliphatic hydroxyl groups is 2. The molecule has 0 amide bonds. The van der Waals surface area contributed by atoms with Crippen molar-refractivity contribution in [2.24, 2.45) is 0 Å². The SMILES string of the molecule is COc1cccc(OCCC(O)N2CCC(O)(c3cnc4ccccc4n3)CC2)c1. The van der Waals surface area contributed by atoms with Gasteiger partial charge in [-0.25, -0.2) is 4.98 Å². The van der Waals surface area contributed by atoms with E-state index >= 15 is 0 Å². The Morgan fingerprint density at radius 3 is 2.57 bits per heavy atom. The Hall–Kier alpha value is -2.74. The molecule has 1 aliphatic rings. The zero-order valence-corrected chi connectivity index (χ0v) is 17.1. The van der Waals surface area contributed by atoms with Gasteiger partial charge in [0.1, 0.15) is 23.3 Å². The molecule has 30 heavy (non-hydrogen) atoms. The third kappa shape index (κ3) is 4.53. The summed E-state index contributed by atoms with van der Waals surface area (Å²) < 4.78 is 10.9. The lowest BCUT2D eigenvalue weighted by molar-refractivity contribution is -0.0836. The first kappa shape index (κ1) is 20.5. The van der Waals surface area contributed by atoms with Gasteiger partial charge in [0.2, 0.25) is 0 Å². The van der Waals surface area contributed by atoms with E-state index in [-0.39, 0.29) is 0 Å². The van der Waals surface area contributed by atoms with Crippen LogP contribution in [0.15, 0.2) is 54.7 Å². The minimum Gasteiger partial charge on any atom is -0.497 e. The average molecular weight is 409 g/mol. The predicted molar refractivity (Wildman–Crippen MR) is 113 cm³/mol. The number of hydrogen-bond donors (Lipinski definition) is 2. The van der Waals surface area contributed by atoms with E-state index in [0.29, 0.717) is 50.4 Å². The van der Waals surface area contributed by atoms with E-state index in [1.54, 1.807) is 13.3 Å². The van der Waals surface area contributed by atoms with Crippen LogP contribution < -0.4 is 9.47 Å². The summed E-state index contributed by atoms with van der Waals surface area (Å²) in [4.78, 5) is 11.0. The summed E-state index contributed by atoms with van der Waals surface area (Å²) >= 11 is 0. The fourth-order valence-corrected chi connectivity index (χ4v) is 3.79. The summed E-state index contributed by atoms with van der Waals surface area (Å²) in [5.41, 5.74) is 1.16. The van der Waals surface area contributed by atoms with Crippen molar-refractivity contribution in [3.63, 3.8) is 0 Å². The van der Waals surface area contributed by atoms with Crippen LogP contribution in [-0.4, -0.2) is 58.1 Å². The smallest absolute Gasteiger partial charge is 0.122 e. The van der Waals surface area contributed by atoms with Gasteiger partial charge in [-0.3, -0.25) is 9.88 Å². The van der Waals surface area contributed by atoms with E-state index in [9.17, 15) is 10.2 Å². The van der Waals surface area contributed by atoms with E-state index in [2.05, 4.69) is 9.97 Å². The first-order valence-electron chi connectivity index (χ1n) is 10.2. The van der Waals surface area contributed by atoms with Gasteiger partial charge in [0.05, 0.1) is 36.6 Å². The number of para-hydroxylation sites is 2. The highest BCUT2D eigenvalue weighted by Gasteiger charge is 2.37. The zero-order valence-electron chi connectivity index (χ0n) is 17.1. The second-order valence-corrected chi connectivity index (χ2v) is 7.61. The molecule has 1 fully saturated rings. The molecule has 1 atom stereocenters. The average Bonchev–Trinajstić information content (AvgIpc) is 2.79. The van der Waals surface area contributed by atoms with Gasteiger partial charge in [-0.05, 0) is 37.1 Å². The Bertz CT molecular complexity index is 989. The molecule has 2 aromatic carbocycles. The number of methoxy groups -OCH3 is 1. The molecule has 1 aromatic heterocycles. The Kier molecular flexibility index (Phi) is 6.13. The lowest BCUT2D eigenvalue weighted by Crippen LogP contribution is -2.47. The minimum atomic E-state index is -1.02. The van der Waals surface area contributed by atoms with Crippen LogP contribution in [0.1, 0.15) is 25.0 Å². The summed E-state index contributed by atoms with van der Waals surface area (Å²) in [6.07, 6.45) is 2.51. The number of ether oxygens (including phenoxy) is 2. The van der Waals surface area contributed by atoms with Gasteiger partial charge >= 0.3 is 0 Å². The van der Waals surface area contributed by atoms with Crippen LogP contribution in [0.3, 0.4) is 0 Å². The fraction of sp³-hybridized carbons (Fsp3) is 0.391. The van der Waals surface area contributed by atoms with Gasteiger partial charge in [-0.2, -0.15) is 0 Å². The maximum atomic E-state index is 11.1. The van der Waals surface area contributed by atoms with Crippen LogP contribution in [0, 0.1) is 0 Å². The lowest BCUT2D eigenvalue weighted by atomic mass is 9.88. The lowest BCUT2D eigenvalue weighted by Gasteiger charge is -2.39. The van der Waals surface area contributed by atoms with Crippen LogP contribution in [0.5, 0.6) is 11.5 Å². The summed E-state index contributed by atoms with van der Waals surface area (Å²) in [6.45, 7) is 1.54. The monoisotopic (exact) mass is 409 g/mol. The molecule has 0 bridgehead atoms. The summed E-state index contributed by atoms with van der Waals surface area (Å²) in [6, 6.07) is 15.0. The van der Waals surface area contributed by atoms with Crippen LogP contribution in [0.25, 0.3) is 11.0 Å². The number of hydrogen-bond acceptors (Lipinski definition) is 7. The Morgan fingerprint density at radius 1 is 1.07 bits per heavy atom. The molecule has 2 heterocycles. The molecule has 7 heteroatoms. The van der Waals surface area contributed by atoms with Crippen molar-refractivity contribution < 1.29 is 19.7 Å². The quantitative estimate of drug-likeness (QED) is 0.620. The number of likely N-dealkylation sites (tertiary alicyclic amines) is 1. The highest BCUT2D eigenvalue weighted by atomic mass is 16.5. The Labute approximate surface area is 175 Å². The summed E-state index contributed by atoms with van der Waals surface area (Å²) in [5, 5.41) is 21.7. The largest absolute Gasteiger partial charge is 0.497 e. The molecule has 0 saturated carbocycles. The molecule has 0 radical (unpaired) electrons. The topological polar surface area (TPSA) is 87.9 Å². The van der Waals surface area contributed by atoms with Crippen LogP contribution in [-0.2, 0) is 5.60 Å². The zero-order chi connectivity index (χ0) is 21.0. The van der Waals surface area contributed by atoms with Gasteiger partial charge in [0.25, 0.3) is 0 Å². The van der Waals surface area contributed by atoms with E-state index in [1.165, 1.54) is 0 Å². The van der Waals surface area contributed by atoms with Gasteiger partial charge < -0.3 is 19.7 Å². The van der Waals surface area contributed by atoms with Crippen LogP contribution >= 0.6 is 0 Å². The second kappa shape index (κ2) is 8.95. The van der Waals surface area contributed by atoms with Gasteiger partial charge in [0, 0.05) is 25.6 Å². The number of benzene rings is 2. The first-order chi connectivity index (χ1) is 14.6. The van der Waals surface area contributed by atoms with Gasteiger partial charge in [-0.15, -0.1) is 0 Å². The molecule has 158 valence electrons. The van der Waals surface area contributed by atoms with Crippen molar-refractivity contribution in [3.8, 4) is 11.5 Å². The fourth-order valence-electron chi connectivity index (χ4n) is 3.79. The molecule has 1 unspecified atom stereocenters. The standard InChI is InChI=1S/C23H27N3O4/c1-29-17-5-4-6-18(15-17)30-14-9-22(27)26-12-10-23(28,11-13-26)21-16-24-19-7-2-3-8-20(19)25-21/h2-8,15-16,22,27-28H,9-14H2,1H3. The van der Waals surface area contributed by atoms with E-state index in [0.717, 1.165) is 16.8 Å². The normalized spacial score (nSPS) is 17.6. The molecule has 0 spiro atoms. The number of piperidine rings is 1. The third-order valence-electron chi connectivity index (χ3n) is 5.66. The number of rotatable bonds is 7. The molecule has 7 nitrogen and oxygen atoms in total. The van der Waals surface area contributed by atoms with Crippen LogP contribution in [0.2, 0.25) is 0 Å². The molecular weight excluding hydrogens is 382 g/mol. The van der Waals surface area contributed by atoms with Crippen molar-refractivity contribution in [2.75, 3.05) is 26.8 Å². The van der Waals surface area contributed by atoms with E-state index < -0.39 is 11.8 Å². The minimum absolute atomic E-state index is 0.394. The van der Waals surface area contributed by atoms with Crippen molar-refractivity contribution >= 4 is 11.0 Å². The maximum Gasteiger partial charge on any atom is 0.122 e. The molecule has 1 aliphatic heterocycles. The van der Waals surface area contributed by atoms with Gasteiger partial charge in [-0.1, -0.05) is 18.2 Å². The number of aromatic nitrogens is 2. The molecule has 3 aromatic rings. The Balaban J connectivity index is 1.30. The number of aliphatic hydroxyl groups excluding tert-OH is 1. The van der Waals surface area contributed by atoms with Crippen molar-refractivity contribution in [1.82, 2.24) is 14.9 Å². The number of fused-ring (bicyclic) bond motifs is 1. The summed E-state index contributed by atoms with van der Waals surface area (Å²) in [5.74, 6) is 1.45. The first-order valence-corrected chi connectivity index (χ1v) is 10.2. The number of nitrogens with zero attached hydrogens (tertiary/aromatic N) is 3. The highest BCUT2D eigenvalue weighted by Crippen LogP contribution is 2.32. The van der Waals surface area contributed by atoms with Gasteiger partial charge in [0.15, 0.2) is 0 Å². The van der Waals surface area contributed by atoms with Crippen LogP contribution in [0.4, 0.5) is 0 Å². The molecular formula is C23H27N3O4.